The molecule has 0 amide bonds. The first kappa shape index (κ1) is 73.9. The average Bonchev–Trinajstić information content (AvgIpc) is 1.59. The van der Waals surface area contributed by atoms with E-state index in [1.54, 1.807) is 33.7 Å². The highest BCUT2D eigenvalue weighted by molar-refractivity contribution is 6.00. The molecule has 4 aromatic carbocycles. The number of rotatable bonds is 47. The van der Waals surface area contributed by atoms with Gasteiger partial charge in [-0.05, 0) is 119 Å². The molecule has 2 aliphatic heterocycles. The molecule has 0 radical (unpaired) electrons. The number of pyridine rings is 1. The van der Waals surface area contributed by atoms with Crippen LogP contribution in [0.15, 0.2) is 151 Å². The summed E-state index contributed by atoms with van der Waals surface area (Å²) in [7, 11) is 4.95. The quantitative estimate of drug-likeness (QED) is 0.0338. The zero-order valence-corrected chi connectivity index (χ0v) is 57.3. The highest BCUT2D eigenvalue weighted by Crippen LogP contribution is 2.40. The van der Waals surface area contributed by atoms with Crippen molar-refractivity contribution in [2.24, 2.45) is 0 Å². The minimum absolute atomic E-state index is 0.0179. The molecular formula is C78H91N5O17. The predicted octanol–water partition coefficient (Wildman–Crippen LogP) is 11.8. The number of ether oxygens (including phenoxy) is 16. The molecule has 0 atom stereocenters. The predicted molar refractivity (Wildman–Crippen MR) is 386 cm³/mol. The van der Waals surface area contributed by atoms with Crippen LogP contribution in [0.1, 0.15) is 22.8 Å². The summed E-state index contributed by atoms with van der Waals surface area (Å²) in [4.78, 5) is 30.2. The van der Waals surface area contributed by atoms with Gasteiger partial charge in [-0.1, -0.05) is 48.5 Å². The maximum absolute atomic E-state index is 11.4. The second kappa shape index (κ2) is 41.7. The van der Waals surface area contributed by atoms with Gasteiger partial charge in [0.15, 0.2) is 5.43 Å². The van der Waals surface area contributed by atoms with Gasteiger partial charge in [-0.15, -0.1) is 0 Å². The molecule has 0 aliphatic carbocycles. The van der Waals surface area contributed by atoms with E-state index in [1.807, 2.05) is 53.1 Å². The fraction of sp³-hybridized carbons (Fsp3) is 0.372. The number of methoxy groups -OCH3 is 3. The lowest BCUT2D eigenvalue weighted by atomic mass is 10.0. The van der Waals surface area contributed by atoms with Crippen molar-refractivity contribution < 1.29 is 75.8 Å². The Bertz CT molecular complexity index is 3940. The van der Waals surface area contributed by atoms with E-state index >= 15 is 0 Å². The molecule has 0 saturated heterocycles. The Kier molecular flexibility index (Phi) is 30.8. The van der Waals surface area contributed by atoms with Gasteiger partial charge in [0.25, 0.3) is 0 Å². The van der Waals surface area contributed by atoms with E-state index in [4.69, 9.17) is 85.8 Å². The molecule has 0 saturated carbocycles. The third-order valence-electron chi connectivity index (χ3n) is 15.8. The zero-order chi connectivity index (χ0) is 69.0. The van der Waals surface area contributed by atoms with Crippen LogP contribution in [0.2, 0.25) is 0 Å². The topological polar surface area (TPSA) is 227 Å². The molecule has 0 unspecified atom stereocenters. The van der Waals surface area contributed by atoms with Crippen molar-refractivity contribution in [3.05, 3.63) is 179 Å². The van der Waals surface area contributed by atoms with E-state index in [0.717, 1.165) is 89.4 Å². The average molecular weight is 1370 g/mol. The molecule has 530 valence electrons. The maximum atomic E-state index is 11.4. The molecule has 2 aliphatic rings. The van der Waals surface area contributed by atoms with Gasteiger partial charge in [-0.2, -0.15) is 0 Å². The minimum Gasteiger partial charge on any atom is -0.491 e. The van der Waals surface area contributed by atoms with E-state index in [9.17, 15) is 4.79 Å². The van der Waals surface area contributed by atoms with E-state index < -0.39 is 0 Å². The summed E-state index contributed by atoms with van der Waals surface area (Å²) in [6, 6.07) is 43.8. The monoisotopic (exact) mass is 1370 g/mol. The summed E-state index contributed by atoms with van der Waals surface area (Å²) in [5, 5.41) is 0. The van der Waals surface area contributed by atoms with Gasteiger partial charge in [0.1, 0.15) is 49.4 Å². The van der Waals surface area contributed by atoms with Crippen LogP contribution >= 0.6 is 0 Å². The highest BCUT2D eigenvalue weighted by atomic mass is 16.6. The number of nitrogens with one attached hydrogen (secondary N) is 2. The van der Waals surface area contributed by atoms with Crippen LogP contribution in [0, 0.1) is 0 Å². The van der Waals surface area contributed by atoms with Crippen LogP contribution in [-0.2, 0) is 63.4 Å². The van der Waals surface area contributed by atoms with Crippen molar-refractivity contribution in [1.29, 1.82) is 0 Å². The smallest absolute Gasteiger partial charge is 0.181 e. The third-order valence-corrected chi connectivity index (χ3v) is 15.8. The fourth-order valence-corrected chi connectivity index (χ4v) is 10.9. The number of nitrogens with zero attached hydrogens (tertiary/aromatic N) is 3. The summed E-state index contributed by atoms with van der Waals surface area (Å²) in [5.41, 5.74) is 13.5. The second-order valence-electron chi connectivity index (χ2n) is 22.8. The molecule has 8 aromatic rings. The first-order valence-corrected chi connectivity index (χ1v) is 33.9. The molecule has 6 heterocycles. The lowest BCUT2D eigenvalue weighted by molar-refractivity contribution is 0.00818. The molecule has 22 heteroatoms. The van der Waals surface area contributed by atoms with Crippen molar-refractivity contribution in [1.82, 2.24) is 24.5 Å². The Morgan fingerprint density at radius 2 is 0.510 bits per heavy atom. The van der Waals surface area contributed by atoms with Gasteiger partial charge in [0, 0.05) is 96.7 Å². The van der Waals surface area contributed by atoms with Gasteiger partial charge in [0.05, 0.1) is 162 Å². The molecule has 22 nitrogen and oxygen atoms in total. The Hall–Kier alpha value is -8.85. The van der Waals surface area contributed by atoms with Crippen molar-refractivity contribution in [3.63, 3.8) is 0 Å². The van der Waals surface area contributed by atoms with Crippen LogP contribution in [-0.4, -0.2) is 211 Å². The van der Waals surface area contributed by atoms with Crippen LogP contribution in [0.3, 0.4) is 0 Å². The van der Waals surface area contributed by atoms with Crippen LogP contribution in [0.4, 0.5) is 0 Å². The Morgan fingerprint density at radius 3 is 0.760 bits per heavy atom. The number of benzene rings is 4. The van der Waals surface area contributed by atoms with Crippen LogP contribution < -0.4 is 24.4 Å². The van der Waals surface area contributed by atoms with Crippen molar-refractivity contribution in [2.45, 2.75) is 6.54 Å². The van der Waals surface area contributed by atoms with Gasteiger partial charge < -0.3 is 90.3 Å². The lowest BCUT2D eigenvalue weighted by Crippen LogP contribution is -2.14. The first-order valence-electron chi connectivity index (χ1n) is 33.9. The van der Waals surface area contributed by atoms with Crippen molar-refractivity contribution >= 4 is 46.4 Å². The molecule has 10 rings (SSSR count). The summed E-state index contributed by atoms with van der Waals surface area (Å²) in [6.07, 6.45) is 11.8. The largest absolute Gasteiger partial charge is 0.491 e. The summed E-state index contributed by atoms with van der Waals surface area (Å²) < 4.78 is 93.0. The number of H-pyrrole nitrogens is 2. The molecule has 0 fully saturated rings. The van der Waals surface area contributed by atoms with Gasteiger partial charge >= 0.3 is 0 Å². The fourth-order valence-electron chi connectivity index (χ4n) is 10.9. The van der Waals surface area contributed by atoms with Gasteiger partial charge in [-0.3, -0.25) is 4.79 Å². The van der Waals surface area contributed by atoms with E-state index in [0.29, 0.717) is 195 Å². The van der Waals surface area contributed by atoms with E-state index in [1.165, 1.54) is 12.1 Å². The normalized spacial score (nSPS) is 11.8. The Labute approximate surface area is 583 Å². The SMILES string of the molecule is COCCOCCOCCOc1ccc(-c2c3nc(c(-c4ccc(OCCOCCOCCOC)cc4)c4ccc([nH]4)c(-c4ccc(OCCOCCOCCOCCn5ccc(=O)cc5)cc4)c4nc(c(-c5ccc(OCCOCCOCCOC)cc5)c5ccc2[nH]5)C=C4)C=C3)cc1. The van der Waals surface area contributed by atoms with Crippen LogP contribution in [0.5, 0.6) is 23.0 Å². The van der Waals surface area contributed by atoms with Crippen molar-refractivity contribution in [2.75, 3.05) is 187 Å². The molecule has 0 spiro atoms. The van der Waals surface area contributed by atoms with Gasteiger partial charge in [-0.25, -0.2) is 9.97 Å². The second-order valence-corrected chi connectivity index (χ2v) is 22.8. The van der Waals surface area contributed by atoms with Crippen LogP contribution in [0.25, 0.3) is 90.9 Å². The van der Waals surface area contributed by atoms with E-state index in [-0.39, 0.29) is 5.43 Å². The van der Waals surface area contributed by atoms with Crippen molar-refractivity contribution in [3.8, 4) is 67.5 Å². The Morgan fingerprint density at radius 1 is 0.280 bits per heavy atom. The summed E-state index contributed by atoms with van der Waals surface area (Å²) in [5.74, 6) is 2.80. The molecule has 4 aromatic heterocycles. The Balaban J connectivity index is 0.958. The summed E-state index contributed by atoms with van der Waals surface area (Å²) >= 11 is 0. The maximum Gasteiger partial charge on any atom is 0.181 e. The molecule has 8 bridgehead atoms. The summed E-state index contributed by atoms with van der Waals surface area (Å²) in [6.45, 7) is 12.0. The molecule has 100 heavy (non-hydrogen) atoms. The number of aromatic amines is 2. The lowest BCUT2D eigenvalue weighted by Gasteiger charge is -2.10. The number of aromatic nitrogens is 5. The standard InChI is InChI=1S/C78H91N5O17/c1-85-34-37-89-42-46-93-50-54-97-63-12-4-58(5-13-63)75-67-20-22-69(79-67)76(59-6-14-64(15-7-59)98-55-51-94-47-43-90-38-35-86-2)71-24-26-73(81-71)78(61-10-18-66(19-11-61)100-57-53-96-49-45-92-41-40-88-33-32-83-30-28-62(84)29-31-83)74-27-25-72(82-74)77(70-23-21-68(75)80-70)60-8-16-65(17-9-60)99-56-52-95-48-44-91-39-36-87-3/h4-31,79,82H,32-57H2,1-3H3. The third kappa shape index (κ3) is 23.1. The number of fused-ring (bicyclic) bond motifs is 8. The number of hydrogen-bond donors (Lipinski definition) is 2. The van der Waals surface area contributed by atoms with Gasteiger partial charge in [0.2, 0.25) is 0 Å². The number of hydrogen-bond acceptors (Lipinski definition) is 19. The minimum atomic E-state index is -0.0179. The first-order chi connectivity index (χ1) is 49.4. The molecular weight excluding hydrogens is 1280 g/mol. The molecule has 2 N–H and O–H groups in total. The zero-order valence-electron chi connectivity index (χ0n) is 57.3. The highest BCUT2D eigenvalue weighted by Gasteiger charge is 2.20. The van der Waals surface area contributed by atoms with E-state index in [2.05, 4.69) is 107 Å².